The molecule has 2 rings (SSSR count). The molecule has 0 bridgehead atoms. The maximum absolute atomic E-state index is 12.9. The first-order valence-electron chi connectivity index (χ1n) is 7.91. The van der Waals surface area contributed by atoms with E-state index in [2.05, 4.69) is 12.1 Å². The van der Waals surface area contributed by atoms with Gasteiger partial charge in [0.15, 0.2) is 5.84 Å². The van der Waals surface area contributed by atoms with Crippen LogP contribution in [0.25, 0.3) is 0 Å². The summed E-state index contributed by atoms with van der Waals surface area (Å²) < 4.78 is 0. The van der Waals surface area contributed by atoms with Gasteiger partial charge >= 0.3 is 0 Å². The average molecular weight is 281 g/mol. The summed E-state index contributed by atoms with van der Waals surface area (Å²) in [6.45, 7) is 3.85. The lowest BCUT2D eigenvalue weighted by Gasteiger charge is -2.32. The molecule has 1 atom stereocenters. The molecular weight excluding hydrogens is 254 g/mol. The molecule has 0 spiro atoms. The zero-order valence-corrected chi connectivity index (χ0v) is 12.5. The van der Waals surface area contributed by atoms with E-state index in [1.54, 1.807) is 0 Å². The minimum absolute atomic E-state index is 0.0852. The molecule has 0 radical (unpaired) electrons. The number of rotatable bonds is 3. The van der Waals surface area contributed by atoms with E-state index in [0.717, 1.165) is 57.5 Å². The molecule has 1 saturated carbocycles. The number of nitrogens with two attached hydrogens (primary N) is 1. The predicted molar refractivity (Wildman–Crippen MR) is 78.5 cm³/mol. The van der Waals surface area contributed by atoms with Gasteiger partial charge in [0.2, 0.25) is 5.91 Å². The Bertz CT molecular complexity index is 375. The summed E-state index contributed by atoms with van der Waals surface area (Å²) in [7, 11) is 0. The highest BCUT2D eigenvalue weighted by atomic mass is 16.4. The van der Waals surface area contributed by atoms with Crippen LogP contribution >= 0.6 is 0 Å². The Balaban J connectivity index is 2.12. The highest BCUT2D eigenvalue weighted by Gasteiger charge is 2.47. The van der Waals surface area contributed by atoms with E-state index in [4.69, 9.17) is 10.9 Å². The summed E-state index contributed by atoms with van der Waals surface area (Å²) in [6, 6.07) is 0. The first-order valence-corrected chi connectivity index (χ1v) is 7.91. The van der Waals surface area contributed by atoms with Crippen LogP contribution in [0.3, 0.4) is 0 Å². The second-order valence-corrected chi connectivity index (χ2v) is 6.27. The van der Waals surface area contributed by atoms with Crippen LogP contribution in [0.1, 0.15) is 58.3 Å². The average Bonchev–Trinajstić information content (AvgIpc) is 2.85. The maximum atomic E-state index is 12.9. The number of carbonyl (C=O) groups excluding carboxylic acids is 1. The van der Waals surface area contributed by atoms with Crippen molar-refractivity contribution in [1.82, 2.24) is 4.90 Å². The first kappa shape index (κ1) is 15.1. The molecule has 5 heteroatoms. The Morgan fingerprint density at radius 3 is 2.60 bits per heavy atom. The zero-order chi connectivity index (χ0) is 14.6. The summed E-state index contributed by atoms with van der Waals surface area (Å²) in [6.07, 6.45) is 7.93. The fraction of sp³-hybridized carbons (Fsp3) is 0.867. The van der Waals surface area contributed by atoms with Gasteiger partial charge in [0.1, 0.15) is 5.41 Å². The normalized spacial score (nSPS) is 27.4. The van der Waals surface area contributed by atoms with Crippen LogP contribution in [0.15, 0.2) is 5.16 Å². The van der Waals surface area contributed by atoms with Crippen molar-refractivity contribution in [2.45, 2.75) is 58.3 Å². The Kier molecular flexibility index (Phi) is 4.89. The number of amidine groups is 1. The second kappa shape index (κ2) is 6.46. The lowest BCUT2D eigenvalue weighted by atomic mass is 9.83. The monoisotopic (exact) mass is 281 g/mol. The third-order valence-electron chi connectivity index (χ3n) is 5.18. The highest BCUT2D eigenvalue weighted by molar-refractivity contribution is 6.07. The summed E-state index contributed by atoms with van der Waals surface area (Å²) >= 11 is 0. The summed E-state index contributed by atoms with van der Waals surface area (Å²) in [4.78, 5) is 14.9. The number of carbonyl (C=O) groups is 1. The number of hydrogen-bond acceptors (Lipinski definition) is 3. The molecule has 1 unspecified atom stereocenters. The third kappa shape index (κ3) is 2.76. The number of hydrogen-bond donors (Lipinski definition) is 2. The molecule has 1 aliphatic heterocycles. The van der Waals surface area contributed by atoms with Gasteiger partial charge in [0.25, 0.3) is 0 Å². The van der Waals surface area contributed by atoms with Crippen molar-refractivity contribution < 1.29 is 10.0 Å². The topological polar surface area (TPSA) is 78.9 Å². The maximum Gasteiger partial charge on any atom is 0.236 e. The molecule has 0 aromatic carbocycles. The van der Waals surface area contributed by atoms with E-state index < -0.39 is 5.41 Å². The third-order valence-corrected chi connectivity index (χ3v) is 5.18. The lowest BCUT2D eigenvalue weighted by Crippen LogP contribution is -2.50. The van der Waals surface area contributed by atoms with Crippen LogP contribution in [0.5, 0.6) is 0 Å². The van der Waals surface area contributed by atoms with E-state index in [0.29, 0.717) is 0 Å². The Morgan fingerprint density at radius 2 is 2.00 bits per heavy atom. The number of nitrogens with zero attached hydrogens (tertiary/aromatic N) is 2. The summed E-state index contributed by atoms with van der Waals surface area (Å²) in [5.41, 5.74) is 5.13. The number of likely N-dealkylation sites (tertiary alicyclic amines) is 1. The van der Waals surface area contributed by atoms with Crippen molar-refractivity contribution in [3.8, 4) is 0 Å². The van der Waals surface area contributed by atoms with E-state index in [1.165, 1.54) is 12.8 Å². The van der Waals surface area contributed by atoms with Crippen LogP contribution < -0.4 is 5.73 Å². The molecule has 114 valence electrons. The molecule has 1 aliphatic carbocycles. The van der Waals surface area contributed by atoms with Crippen molar-refractivity contribution in [3.63, 3.8) is 0 Å². The lowest BCUT2D eigenvalue weighted by molar-refractivity contribution is -0.138. The van der Waals surface area contributed by atoms with Crippen LogP contribution in [-0.4, -0.2) is 34.9 Å². The predicted octanol–water partition coefficient (Wildman–Crippen LogP) is 2.33. The molecule has 1 amide bonds. The fourth-order valence-electron chi connectivity index (χ4n) is 3.73. The number of oxime groups is 1. The van der Waals surface area contributed by atoms with Gasteiger partial charge in [-0.1, -0.05) is 31.3 Å². The molecule has 20 heavy (non-hydrogen) atoms. The van der Waals surface area contributed by atoms with E-state index in [-0.39, 0.29) is 11.7 Å². The smallest absolute Gasteiger partial charge is 0.236 e. The summed E-state index contributed by atoms with van der Waals surface area (Å²) in [5.74, 6) is 0.925. The van der Waals surface area contributed by atoms with Crippen molar-refractivity contribution in [3.05, 3.63) is 0 Å². The molecule has 0 aromatic rings. The van der Waals surface area contributed by atoms with Gasteiger partial charge in [-0.15, -0.1) is 0 Å². The van der Waals surface area contributed by atoms with Gasteiger partial charge in [-0.25, -0.2) is 0 Å². The van der Waals surface area contributed by atoms with Crippen molar-refractivity contribution in [2.75, 3.05) is 13.1 Å². The van der Waals surface area contributed by atoms with Crippen molar-refractivity contribution >= 4 is 11.7 Å². The Hall–Kier alpha value is -1.26. The van der Waals surface area contributed by atoms with Crippen LogP contribution in [-0.2, 0) is 4.79 Å². The SMILES string of the molecule is CCC1CCCN(C(=O)C2(C(N)=NO)CCCC2)CC1. The van der Waals surface area contributed by atoms with Crippen molar-refractivity contribution in [1.29, 1.82) is 0 Å². The van der Waals surface area contributed by atoms with Gasteiger partial charge in [0, 0.05) is 13.1 Å². The quantitative estimate of drug-likeness (QED) is 0.361. The van der Waals surface area contributed by atoms with Crippen LogP contribution in [0, 0.1) is 11.3 Å². The molecular formula is C15H27N3O2. The zero-order valence-electron chi connectivity index (χ0n) is 12.5. The van der Waals surface area contributed by atoms with Gasteiger partial charge in [0.05, 0.1) is 0 Å². The van der Waals surface area contributed by atoms with Crippen molar-refractivity contribution in [2.24, 2.45) is 22.2 Å². The van der Waals surface area contributed by atoms with E-state index >= 15 is 0 Å². The molecule has 3 N–H and O–H groups in total. The van der Waals surface area contributed by atoms with Crippen LogP contribution in [0.4, 0.5) is 0 Å². The van der Waals surface area contributed by atoms with Crippen LogP contribution in [0.2, 0.25) is 0 Å². The van der Waals surface area contributed by atoms with Gasteiger partial charge in [-0.05, 0) is 38.0 Å². The van der Waals surface area contributed by atoms with Gasteiger partial charge in [-0.3, -0.25) is 4.79 Å². The van der Waals surface area contributed by atoms with E-state index in [1.807, 2.05) is 4.90 Å². The molecule has 1 saturated heterocycles. The summed E-state index contributed by atoms with van der Waals surface area (Å²) in [5, 5.41) is 12.2. The number of amides is 1. The molecule has 0 aromatic heterocycles. The Labute approximate surface area is 121 Å². The Morgan fingerprint density at radius 1 is 1.30 bits per heavy atom. The fourth-order valence-corrected chi connectivity index (χ4v) is 3.73. The molecule has 2 aliphatic rings. The largest absolute Gasteiger partial charge is 0.409 e. The minimum atomic E-state index is -0.735. The highest BCUT2D eigenvalue weighted by Crippen LogP contribution is 2.40. The molecule has 5 nitrogen and oxygen atoms in total. The van der Waals surface area contributed by atoms with Gasteiger partial charge < -0.3 is 15.8 Å². The first-order chi connectivity index (χ1) is 9.64. The molecule has 1 heterocycles. The standard InChI is InChI=1S/C15H27N3O2/c1-2-12-6-5-10-18(11-7-12)14(19)15(13(16)17-20)8-3-4-9-15/h12,20H,2-11H2,1H3,(H2,16,17). The van der Waals surface area contributed by atoms with Gasteiger partial charge in [-0.2, -0.15) is 0 Å². The minimum Gasteiger partial charge on any atom is -0.409 e. The second-order valence-electron chi connectivity index (χ2n) is 6.27. The molecule has 2 fully saturated rings. The van der Waals surface area contributed by atoms with E-state index in [9.17, 15) is 4.79 Å².